The van der Waals surface area contributed by atoms with Gasteiger partial charge in [0.2, 0.25) is 5.91 Å². The number of rotatable bonds is 5. The molecule has 1 amide bonds. The lowest BCUT2D eigenvalue weighted by Crippen LogP contribution is -2.39. The van der Waals surface area contributed by atoms with Crippen LogP contribution in [-0.4, -0.2) is 47.5 Å². The van der Waals surface area contributed by atoms with Gasteiger partial charge in [-0.05, 0) is 23.0 Å². The lowest BCUT2D eigenvalue weighted by molar-refractivity contribution is -0.130. The molecule has 0 fully saturated rings. The molecule has 0 atom stereocenters. The summed E-state index contributed by atoms with van der Waals surface area (Å²) in [7, 11) is 3.45. The highest BCUT2D eigenvalue weighted by Crippen LogP contribution is 1.98. The van der Waals surface area contributed by atoms with E-state index in [4.69, 9.17) is 0 Å². The zero-order valence-electron chi connectivity index (χ0n) is 10.6. The minimum Gasteiger partial charge on any atom is -0.343 e. The summed E-state index contributed by atoms with van der Waals surface area (Å²) in [5.41, 5.74) is -1.11. The van der Waals surface area contributed by atoms with E-state index in [0.29, 0.717) is 13.1 Å². The minimum absolute atomic E-state index is 0. The summed E-state index contributed by atoms with van der Waals surface area (Å²) in [5, 5.41) is 2.93. The van der Waals surface area contributed by atoms with E-state index in [9.17, 15) is 14.4 Å². The molecule has 7 nitrogen and oxygen atoms in total. The lowest BCUT2D eigenvalue weighted by Gasteiger charge is -2.17. The number of likely N-dealkylation sites (N-methyl/N-ethyl adjacent to an activating group) is 2. The molecule has 1 aromatic rings. The largest absolute Gasteiger partial charge is 0.343 e. The monoisotopic (exact) mass is 354 g/mol. The van der Waals surface area contributed by atoms with Crippen LogP contribution in [-0.2, 0) is 11.3 Å². The first kappa shape index (κ1) is 17.9. The first-order chi connectivity index (χ1) is 8.45. The molecule has 1 aromatic heterocycles. The van der Waals surface area contributed by atoms with E-state index >= 15 is 0 Å². The molecular weight excluding hydrogens is 339 g/mol. The van der Waals surface area contributed by atoms with Crippen molar-refractivity contribution in [3.05, 3.63) is 31.5 Å². The van der Waals surface area contributed by atoms with Gasteiger partial charge < -0.3 is 10.2 Å². The van der Waals surface area contributed by atoms with Crippen LogP contribution in [0.25, 0.3) is 0 Å². The first-order valence-electron chi connectivity index (χ1n) is 5.33. The van der Waals surface area contributed by atoms with Gasteiger partial charge in [0, 0.05) is 26.3 Å². The molecule has 9 heteroatoms. The molecule has 0 saturated heterocycles. The number of carbonyl (C=O) groups excluding carboxylic acids is 1. The Bertz CT molecular complexity index is 542. The highest BCUT2D eigenvalue weighted by atomic mass is 79.9. The maximum Gasteiger partial charge on any atom is 0.328 e. The van der Waals surface area contributed by atoms with Crippen molar-refractivity contribution in [3.8, 4) is 0 Å². The highest BCUT2D eigenvalue weighted by molar-refractivity contribution is 9.10. The van der Waals surface area contributed by atoms with Crippen LogP contribution < -0.4 is 16.6 Å². The average molecular weight is 356 g/mol. The number of nitrogens with zero attached hydrogens (tertiary/aromatic N) is 2. The lowest BCUT2D eigenvalue weighted by atomic mass is 10.4. The molecule has 108 valence electrons. The SMILES string of the molecule is CNCCN(C)C(=O)Cn1cc(Br)c(=O)[nH]c1=O.Cl. The molecule has 1 heterocycles. The van der Waals surface area contributed by atoms with Gasteiger partial charge in [-0.2, -0.15) is 0 Å². The van der Waals surface area contributed by atoms with Gasteiger partial charge in [0.15, 0.2) is 0 Å². The second kappa shape index (κ2) is 8.13. The van der Waals surface area contributed by atoms with Crippen molar-refractivity contribution in [2.24, 2.45) is 0 Å². The van der Waals surface area contributed by atoms with Crippen molar-refractivity contribution in [1.82, 2.24) is 19.8 Å². The van der Waals surface area contributed by atoms with Gasteiger partial charge in [-0.1, -0.05) is 0 Å². The van der Waals surface area contributed by atoms with Crippen LogP contribution in [0.5, 0.6) is 0 Å². The Labute approximate surface area is 124 Å². The second-order valence-corrected chi connectivity index (χ2v) is 4.64. The fourth-order valence-corrected chi connectivity index (χ4v) is 1.62. The molecule has 0 aromatic carbocycles. The number of halogens is 2. The number of nitrogens with one attached hydrogen (secondary N) is 2. The fourth-order valence-electron chi connectivity index (χ4n) is 1.27. The van der Waals surface area contributed by atoms with Crippen LogP contribution in [0.2, 0.25) is 0 Å². The highest BCUT2D eigenvalue weighted by Gasteiger charge is 2.11. The Morgan fingerprint density at radius 1 is 1.53 bits per heavy atom. The molecule has 19 heavy (non-hydrogen) atoms. The van der Waals surface area contributed by atoms with E-state index in [2.05, 4.69) is 26.2 Å². The van der Waals surface area contributed by atoms with E-state index in [1.807, 2.05) is 0 Å². The van der Waals surface area contributed by atoms with Crippen molar-refractivity contribution in [2.75, 3.05) is 27.2 Å². The standard InChI is InChI=1S/C10H15BrN4O3.ClH/c1-12-3-4-14(2)8(16)6-15-5-7(11)9(17)13-10(15)18;/h5,12H,3-4,6H2,1-2H3,(H,13,17,18);1H. The van der Waals surface area contributed by atoms with Gasteiger partial charge in [-0.3, -0.25) is 19.1 Å². The number of aromatic amines is 1. The van der Waals surface area contributed by atoms with E-state index < -0.39 is 11.2 Å². The van der Waals surface area contributed by atoms with Crippen molar-refractivity contribution in [2.45, 2.75) is 6.54 Å². The molecule has 0 aliphatic carbocycles. The van der Waals surface area contributed by atoms with E-state index in [1.165, 1.54) is 11.1 Å². The van der Waals surface area contributed by atoms with Crippen LogP contribution in [0.1, 0.15) is 0 Å². The van der Waals surface area contributed by atoms with Crippen molar-refractivity contribution in [1.29, 1.82) is 0 Å². The second-order valence-electron chi connectivity index (χ2n) is 3.78. The molecule has 0 unspecified atom stereocenters. The van der Waals surface area contributed by atoms with Gasteiger partial charge >= 0.3 is 5.69 Å². The molecule has 1 rings (SSSR count). The predicted molar refractivity (Wildman–Crippen MR) is 77.8 cm³/mol. The Hall–Kier alpha value is -1.12. The average Bonchev–Trinajstić information content (AvgIpc) is 2.32. The third-order valence-electron chi connectivity index (χ3n) is 2.40. The number of carbonyl (C=O) groups is 1. The van der Waals surface area contributed by atoms with Crippen LogP contribution in [0.3, 0.4) is 0 Å². The number of H-pyrrole nitrogens is 1. The van der Waals surface area contributed by atoms with Crippen molar-refractivity contribution in [3.63, 3.8) is 0 Å². The van der Waals surface area contributed by atoms with E-state index in [-0.39, 0.29) is 29.3 Å². The Kier molecular flexibility index (Phi) is 7.65. The van der Waals surface area contributed by atoms with Crippen molar-refractivity contribution < 1.29 is 4.79 Å². The number of amides is 1. The maximum absolute atomic E-state index is 11.8. The zero-order chi connectivity index (χ0) is 13.7. The molecule has 0 aliphatic rings. The third-order valence-corrected chi connectivity index (χ3v) is 2.96. The quantitative estimate of drug-likeness (QED) is 0.738. The summed E-state index contributed by atoms with van der Waals surface area (Å²) in [6.07, 6.45) is 1.31. The molecular formula is C10H16BrClN4O3. The summed E-state index contributed by atoms with van der Waals surface area (Å²) < 4.78 is 1.37. The maximum atomic E-state index is 11.8. The Morgan fingerprint density at radius 2 is 2.16 bits per heavy atom. The van der Waals surface area contributed by atoms with Crippen LogP contribution >= 0.6 is 28.3 Å². The van der Waals surface area contributed by atoms with Crippen LogP contribution in [0.4, 0.5) is 0 Å². The van der Waals surface area contributed by atoms with Gasteiger partial charge in [0.1, 0.15) is 6.54 Å². The van der Waals surface area contributed by atoms with E-state index in [0.717, 1.165) is 4.57 Å². The molecule has 0 saturated carbocycles. The van der Waals surface area contributed by atoms with Gasteiger partial charge in [0.05, 0.1) is 4.47 Å². The number of aromatic nitrogens is 2. The normalized spacial score (nSPS) is 9.84. The van der Waals surface area contributed by atoms with Gasteiger partial charge in [0.25, 0.3) is 5.56 Å². The van der Waals surface area contributed by atoms with Crippen LogP contribution in [0, 0.1) is 0 Å². The Morgan fingerprint density at radius 3 is 2.74 bits per heavy atom. The molecule has 2 N–H and O–H groups in total. The predicted octanol–water partition coefficient (Wildman–Crippen LogP) is -0.601. The summed E-state index contributed by atoms with van der Waals surface area (Å²) in [5.74, 6) is -0.203. The Balaban J connectivity index is 0.00000324. The summed E-state index contributed by atoms with van der Waals surface area (Å²) in [6.45, 7) is 1.12. The van der Waals surface area contributed by atoms with Crippen LogP contribution in [0.15, 0.2) is 20.3 Å². The summed E-state index contributed by atoms with van der Waals surface area (Å²) in [6, 6.07) is 0. The fraction of sp³-hybridized carbons (Fsp3) is 0.500. The molecule has 0 bridgehead atoms. The molecule has 0 aliphatic heterocycles. The summed E-state index contributed by atoms with van der Waals surface area (Å²) >= 11 is 3.01. The minimum atomic E-state index is -0.599. The number of hydrogen-bond donors (Lipinski definition) is 2. The summed E-state index contributed by atoms with van der Waals surface area (Å²) in [4.78, 5) is 38.0. The first-order valence-corrected chi connectivity index (χ1v) is 6.13. The smallest absolute Gasteiger partial charge is 0.328 e. The number of hydrogen-bond acceptors (Lipinski definition) is 4. The molecule has 0 spiro atoms. The zero-order valence-corrected chi connectivity index (χ0v) is 13.0. The van der Waals surface area contributed by atoms with Gasteiger partial charge in [-0.25, -0.2) is 4.79 Å². The van der Waals surface area contributed by atoms with E-state index in [1.54, 1.807) is 14.1 Å². The topological polar surface area (TPSA) is 87.2 Å². The molecule has 0 radical (unpaired) electrons. The third kappa shape index (κ3) is 5.17. The van der Waals surface area contributed by atoms with Gasteiger partial charge in [-0.15, -0.1) is 12.4 Å². The van der Waals surface area contributed by atoms with Crippen molar-refractivity contribution >= 4 is 34.2 Å².